The van der Waals surface area contributed by atoms with Crippen LogP contribution >= 0.6 is 11.6 Å². The molecule has 0 radical (unpaired) electrons. The molecule has 0 saturated carbocycles. The van der Waals surface area contributed by atoms with Crippen LogP contribution in [0.1, 0.15) is 5.56 Å². The van der Waals surface area contributed by atoms with Crippen LogP contribution in [0, 0.1) is 11.3 Å². The van der Waals surface area contributed by atoms with Gasteiger partial charge in [0.2, 0.25) is 0 Å². The molecule has 0 aliphatic rings. The molecular formula is C23H17ClN2O5S. The lowest BCUT2D eigenvalue weighted by atomic mass is 10.1. The predicted octanol–water partition coefficient (Wildman–Crippen LogP) is 4.66. The molecule has 32 heavy (non-hydrogen) atoms. The lowest BCUT2D eigenvalue weighted by Crippen LogP contribution is -2.13. The van der Waals surface area contributed by atoms with E-state index in [1.165, 1.54) is 37.5 Å². The van der Waals surface area contributed by atoms with Crippen LogP contribution in [0.5, 0.6) is 11.5 Å². The van der Waals surface area contributed by atoms with Crippen molar-refractivity contribution < 1.29 is 22.1 Å². The Morgan fingerprint density at radius 3 is 2.44 bits per heavy atom. The number of nitrogens with zero attached hydrogens (tertiary/aromatic N) is 1. The van der Waals surface area contributed by atoms with Gasteiger partial charge in [-0.25, -0.2) is 0 Å². The van der Waals surface area contributed by atoms with Gasteiger partial charge in [0.1, 0.15) is 16.5 Å². The number of hydrogen-bond acceptors (Lipinski definition) is 6. The standard InChI is InChI=1S/C23H17ClN2O5S/c1-30-21-11-10-16(13-22(21)31-32(28,29)20-8-3-2-4-9-20)12-17(15-25)23(27)26-19-7-5-6-18(24)14-19/h2-14H,1H3,(H,26,27). The average molecular weight is 469 g/mol. The van der Waals surface area contributed by atoms with Crippen molar-refractivity contribution in [3.8, 4) is 17.6 Å². The van der Waals surface area contributed by atoms with Crippen molar-refractivity contribution in [2.75, 3.05) is 12.4 Å². The number of anilines is 1. The molecule has 7 nitrogen and oxygen atoms in total. The first-order valence-corrected chi connectivity index (χ1v) is 11.0. The predicted molar refractivity (Wildman–Crippen MR) is 121 cm³/mol. The Morgan fingerprint density at radius 1 is 1.03 bits per heavy atom. The van der Waals surface area contributed by atoms with Crippen LogP contribution in [0.25, 0.3) is 6.08 Å². The van der Waals surface area contributed by atoms with Gasteiger partial charge in [-0.05, 0) is 54.1 Å². The molecule has 3 aromatic carbocycles. The van der Waals surface area contributed by atoms with Gasteiger partial charge in [0.05, 0.1) is 7.11 Å². The number of rotatable bonds is 7. The smallest absolute Gasteiger partial charge is 0.339 e. The minimum Gasteiger partial charge on any atom is -0.493 e. The van der Waals surface area contributed by atoms with Crippen molar-refractivity contribution in [3.05, 3.63) is 89.0 Å². The van der Waals surface area contributed by atoms with Crippen LogP contribution in [0.3, 0.4) is 0 Å². The average Bonchev–Trinajstić information content (AvgIpc) is 2.78. The first kappa shape index (κ1) is 22.9. The third-order valence-corrected chi connectivity index (χ3v) is 5.66. The Kier molecular flexibility index (Phi) is 7.15. The highest BCUT2D eigenvalue weighted by Crippen LogP contribution is 2.31. The van der Waals surface area contributed by atoms with E-state index >= 15 is 0 Å². The molecular weight excluding hydrogens is 452 g/mol. The van der Waals surface area contributed by atoms with Crippen LogP contribution in [0.4, 0.5) is 5.69 Å². The van der Waals surface area contributed by atoms with Crippen LogP contribution in [-0.4, -0.2) is 21.4 Å². The normalized spacial score (nSPS) is 11.3. The van der Waals surface area contributed by atoms with Crippen LogP contribution in [-0.2, 0) is 14.9 Å². The lowest BCUT2D eigenvalue weighted by molar-refractivity contribution is -0.112. The fourth-order valence-electron chi connectivity index (χ4n) is 2.68. The molecule has 9 heteroatoms. The number of benzene rings is 3. The van der Waals surface area contributed by atoms with Crippen molar-refractivity contribution in [2.45, 2.75) is 4.90 Å². The SMILES string of the molecule is COc1ccc(C=C(C#N)C(=O)Nc2cccc(Cl)c2)cc1OS(=O)(=O)c1ccccc1. The van der Waals surface area contributed by atoms with Gasteiger partial charge in [-0.3, -0.25) is 4.79 Å². The molecule has 0 atom stereocenters. The summed E-state index contributed by atoms with van der Waals surface area (Å²) in [5.74, 6) is -0.564. The molecule has 1 amide bonds. The quantitative estimate of drug-likeness (QED) is 0.307. The maximum atomic E-state index is 12.6. The molecule has 0 aromatic heterocycles. The van der Waals surface area contributed by atoms with Crippen LogP contribution in [0.2, 0.25) is 5.02 Å². The molecule has 0 heterocycles. The van der Waals surface area contributed by atoms with E-state index in [0.29, 0.717) is 16.3 Å². The van der Waals surface area contributed by atoms with E-state index in [0.717, 1.165) is 0 Å². The van der Waals surface area contributed by atoms with E-state index in [-0.39, 0.29) is 22.0 Å². The van der Waals surface area contributed by atoms with Crippen molar-refractivity contribution in [1.29, 1.82) is 5.26 Å². The summed E-state index contributed by atoms with van der Waals surface area (Å²) < 4.78 is 35.6. The van der Waals surface area contributed by atoms with E-state index < -0.39 is 16.0 Å². The monoisotopic (exact) mass is 468 g/mol. The molecule has 0 aliphatic carbocycles. The highest BCUT2D eigenvalue weighted by Gasteiger charge is 2.19. The van der Waals surface area contributed by atoms with Crippen molar-refractivity contribution in [3.63, 3.8) is 0 Å². The summed E-state index contributed by atoms with van der Waals surface area (Å²) in [5.41, 5.74) is 0.588. The maximum Gasteiger partial charge on any atom is 0.339 e. The Hall–Kier alpha value is -3.80. The second kappa shape index (κ2) is 10.0. The van der Waals surface area contributed by atoms with Gasteiger partial charge in [-0.15, -0.1) is 0 Å². The summed E-state index contributed by atoms with van der Waals surface area (Å²) in [4.78, 5) is 12.5. The topological polar surface area (TPSA) is 105 Å². The number of ether oxygens (including phenoxy) is 1. The molecule has 0 unspecified atom stereocenters. The van der Waals surface area contributed by atoms with Gasteiger partial charge in [0.15, 0.2) is 11.5 Å². The zero-order valence-electron chi connectivity index (χ0n) is 16.8. The Balaban J connectivity index is 1.90. The second-order valence-electron chi connectivity index (χ2n) is 6.40. The van der Waals surface area contributed by atoms with Gasteiger partial charge in [-0.2, -0.15) is 13.7 Å². The van der Waals surface area contributed by atoms with Crippen LogP contribution in [0.15, 0.2) is 83.3 Å². The zero-order chi connectivity index (χ0) is 23.1. The van der Waals surface area contributed by atoms with Crippen molar-refractivity contribution in [1.82, 2.24) is 0 Å². The molecule has 162 valence electrons. The molecule has 0 fully saturated rings. The minimum absolute atomic E-state index is 0.0263. The number of methoxy groups -OCH3 is 1. The Labute approximate surface area is 190 Å². The minimum atomic E-state index is -4.12. The number of halogens is 1. The van der Waals surface area contributed by atoms with E-state index in [2.05, 4.69) is 5.32 Å². The zero-order valence-corrected chi connectivity index (χ0v) is 18.4. The highest BCUT2D eigenvalue weighted by molar-refractivity contribution is 7.87. The van der Waals surface area contributed by atoms with E-state index in [1.807, 2.05) is 6.07 Å². The Morgan fingerprint density at radius 2 is 1.78 bits per heavy atom. The van der Waals surface area contributed by atoms with E-state index in [1.54, 1.807) is 48.5 Å². The lowest BCUT2D eigenvalue weighted by Gasteiger charge is -2.11. The van der Waals surface area contributed by atoms with Crippen LogP contribution < -0.4 is 14.2 Å². The summed E-state index contributed by atoms with van der Waals surface area (Å²) in [6, 6.07) is 20.4. The highest BCUT2D eigenvalue weighted by atomic mass is 35.5. The summed E-state index contributed by atoms with van der Waals surface area (Å²) in [6.45, 7) is 0. The summed E-state index contributed by atoms with van der Waals surface area (Å²) >= 11 is 5.91. The van der Waals surface area contributed by atoms with Crippen molar-refractivity contribution in [2.24, 2.45) is 0 Å². The number of nitriles is 1. The fraction of sp³-hybridized carbons (Fsp3) is 0.0435. The van der Waals surface area contributed by atoms with Crippen molar-refractivity contribution >= 4 is 39.4 Å². The summed E-state index contributed by atoms with van der Waals surface area (Å²) in [7, 11) is -2.75. The molecule has 3 rings (SSSR count). The number of carbonyl (C=O) groups is 1. The third kappa shape index (κ3) is 5.66. The number of nitrogens with one attached hydrogen (secondary N) is 1. The molecule has 3 aromatic rings. The number of hydrogen-bond donors (Lipinski definition) is 1. The molecule has 0 bridgehead atoms. The summed E-state index contributed by atoms with van der Waals surface area (Å²) in [5, 5.41) is 12.5. The van der Waals surface area contributed by atoms with Gasteiger partial charge < -0.3 is 14.2 Å². The first-order chi connectivity index (χ1) is 15.3. The van der Waals surface area contributed by atoms with Gasteiger partial charge >= 0.3 is 10.1 Å². The number of carbonyl (C=O) groups excluding carboxylic acids is 1. The molecule has 0 spiro atoms. The van der Waals surface area contributed by atoms with E-state index in [9.17, 15) is 18.5 Å². The van der Waals surface area contributed by atoms with Gasteiger partial charge in [0.25, 0.3) is 5.91 Å². The van der Waals surface area contributed by atoms with E-state index in [4.69, 9.17) is 20.5 Å². The largest absolute Gasteiger partial charge is 0.493 e. The van der Waals surface area contributed by atoms with Gasteiger partial charge in [0, 0.05) is 10.7 Å². The second-order valence-corrected chi connectivity index (χ2v) is 8.38. The molecule has 0 aliphatic heterocycles. The first-order valence-electron chi connectivity index (χ1n) is 9.18. The summed E-state index contributed by atoms with van der Waals surface area (Å²) in [6.07, 6.45) is 1.31. The molecule has 0 saturated heterocycles. The maximum absolute atomic E-state index is 12.6. The fourth-order valence-corrected chi connectivity index (χ4v) is 3.83. The molecule has 1 N–H and O–H groups in total. The Bertz CT molecular complexity index is 1320. The van der Waals surface area contributed by atoms with Gasteiger partial charge in [-0.1, -0.05) is 41.9 Å². The number of amides is 1. The third-order valence-electron chi connectivity index (χ3n) is 4.18.